The number of imidazole rings is 1. The van der Waals surface area contributed by atoms with Crippen molar-refractivity contribution in [3.05, 3.63) is 87.1 Å². The maximum atomic E-state index is 13.8. The van der Waals surface area contributed by atoms with Crippen molar-refractivity contribution in [3.63, 3.8) is 0 Å². The number of aromatic nitrogens is 7. The second-order valence-corrected chi connectivity index (χ2v) is 9.14. The van der Waals surface area contributed by atoms with E-state index in [1.807, 2.05) is 29.2 Å². The predicted octanol–water partition coefficient (Wildman–Crippen LogP) is 1.25. The van der Waals surface area contributed by atoms with Crippen LogP contribution in [0.4, 0.5) is 5.95 Å². The molecule has 1 fully saturated rings. The van der Waals surface area contributed by atoms with Gasteiger partial charge in [-0.3, -0.25) is 14.6 Å². The van der Waals surface area contributed by atoms with Gasteiger partial charge in [-0.05, 0) is 36.1 Å². The summed E-state index contributed by atoms with van der Waals surface area (Å²) in [7, 11) is 0. The zero-order valence-electron chi connectivity index (χ0n) is 19.5. The van der Waals surface area contributed by atoms with Crippen molar-refractivity contribution in [1.82, 2.24) is 34.3 Å². The third kappa shape index (κ3) is 4.03. The van der Waals surface area contributed by atoms with Crippen LogP contribution in [-0.2, 0) is 13.1 Å². The minimum absolute atomic E-state index is 0.0302. The number of nitrogens with two attached hydrogens (primary N) is 1. The molecule has 11 heteroatoms. The lowest BCUT2D eigenvalue weighted by atomic mass is 10.1. The van der Waals surface area contributed by atoms with E-state index in [2.05, 4.69) is 24.9 Å². The third-order valence-corrected chi connectivity index (χ3v) is 6.58. The summed E-state index contributed by atoms with van der Waals surface area (Å²) in [5.74, 6) is 0.502. The molecule has 1 unspecified atom stereocenters. The monoisotopic (exact) mass is 483 g/mol. The second-order valence-electron chi connectivity index (χ2n) is 9.14. The van der Waals surface area contributed by atoms with Crippen LogP contribution < -0.4 is 21.8 Å². The molecule has 36 heavy (non-hydrogen) atoms. The number of benzene rings is 1. The van der Waals surface area contributed by atoms with Crippen molar-refractivity contribution < 1.29 is 0 Å². The molecule has 1 aliphatic rings. The second kappa shape index (κ2) is 9.00. The molecule has 11 nitrogen and oxygen atoms in total. The van der Waals surface area contributed by atoms with Crippen LogP contribution in [0, 0.1) is 0 Å². The van der Waals surface area contributed by atoms with E-state index in [-0.39, 0.29) is 41.3 Å². The van der Waals surface area contributed by atoms with Gasteiger partial charge in [0.1, 0.15) is 11.8 Å². The van der Waals surface area contributed by atoms with Crippen molar-refractivity contribution in [2.45, 2.75) is 32.0 Å². The Labute approximate surface area is 205 Å². The largest absolute Gasteiger partial charge is 0.341 e. The Morgan fingerprint density at radius 2 is 1.89 bits per heavy atom. The highest BCUT2D eigenvalue weighted by atomic mass is 16.2. The van der Waals surface area contributed by atoms with Gasteiger partial charge in [0.05, 0.1) is 18.6 Å². The normalized spacial score (nSPS) is 16.1. The fourth-order valence-electron chi connectivity index (χ4n) is 4.76. The van der Waals surface area contributed by atoms with Gasteiger partial charge in [-0.2, -0.15) is 0 Å². The molecule has 0 spiro atoms. The Hall–Kier alpha value is -4.38. The van der Waals surface area contributed by atoms with Crippen LogP contribution in [0.2, 0.25) is 0 Å². The summed E-state index contributed by atoms with van der Waals surface area (Å²) in [5, 5.41) is 0.898. The van der Waals surface area contributed by atoms with Crippen molar-refractivity contribution in [1.29, 1.82) is 0 Å². The molecule has 1 aliphatic heterocycles. The van der Waals surface area contributed by atoms with Gasteiger partial charge in [-0.25, -0.2) is 24.3 Å². The molecule has 3 N–H and O–H groups in total. The number of hydrogen-bond acceptors (Lipinski definition) is 8. The van der Waals surface area contributed by atoms with Gasteiger partial charge < -0.3 is 15.6 Å². The molecular formula is C25H25N9O2. The van der Waals surface area contributed by atoms with E-state index in [1.54, 1.807) is 24.7 Å². The summed E-state index contributed by atoms with van der Waals surface area (Å²) >= 11 is 0. The number of anilines is 1. The van der Waals surface area contributed by atoms with Crippen LogP contribution in [0.3, 0.4) is 0 Å². The Morgan fingerprint density at radius 1 is 1.03 bits per heavy atom. The summed E-state index contributed by atoms with van der Waals surface area (Å²) in [4.78, 5) is 49.7. The van der Waals surface area contributed by atoms with E-state index in [9.17, 15) is 9.59 Å². The number of hydrogen-bond donors (Lipinski definition) is 2. The molecule has 0 saturated carbocycles. The van der Waals surface area contributed by atoms with E-state index in [1.165, 1.54) is 15.7 Å². The van der Waals surface area contributed by atoms with E-state index in [0.717, 1.165) is 41.4 Å². The minimum Gasteiger partial charge on any atom is -0.341 e. The molecule has 0 amide bonds. The quantitative estimate of drug-likeness (QED) is 0.381. The summed E-state index contributed by atoms with van der Waals surface area (Å²) in [6, 6.07) is 9.43. The van der Waals surface area contributed by atoms with Gasteiger partial charge in [0, 0.05) is 43.1 Å². The fraction of sp³-hybridized carbons (Fsp3) is 0.280. The first-order valence-corrected chi connectivity index (χ1v) is 11.9. The third-order valence-electron chi connectivity index (χ3n) is 6.58. The number of rotatable bonds is 5. The van der Waals surface area contributed by atoms with Crippen LogP contribution in [0.1, 0.15) is 24.0 Å². The predicted molar refractivity (Wildman–Crippen MR) is 136 cm³/mol. The molecule has 1 aromatic carbocycles. The SMILES string of the molecule is NC1CCCN(c2nc3c(=O)n(Cc4cccnc4)n(Cc4ccc5cncnc5c4)c(=O)c3[nH]2)C1. The lowest BCUT2D eigenvalue weighted by Gasteiger charge is -2.30. The van der Waals surface area contributed by atoms with Crippen LogP contribution in [0.5, 0.6) is 0 Å². The summed E-state index contributed by atoms with van der Waals surface area (Å²) in [5.41, 5.74) is 8.20. The minimum atomic E-state index is -0.347. The zero-order chi connectivity index (χ0) is 24.6. The maximum absolute atomic E-state index is 13.8. The average molecular weight is 484 g/mol. The molecule has 0 aliphatic carbocycles. The number of H-pyrrole nitrogens is 1. The molecule has 5 aromatic rings. The summed E-state index contributed by atoms with van der Waals surface area (Å²) in [6.07, 6.45) is 8.45. The molecule has 0 bridgehead atoms. The number of nitrogens with one attached hydrogen (secondary N) is 1. The molecule has 4 aromatic heterocycles. The van der Waals surface area contributed by atoms with Gasteiger partial charge >= 0.3 is 0 Å². The summed E-state index contributed by atoms with van der Waals surface area (Å²) < 4.78 is 2.91. The highest BCUT2D eigenvalue weighted by Gasteiger charge is 2.23. The average Bonchev–Trinajstić information content (AvgIpc) is 3.36. The van der Waals surface area contributed by atoms with Crippen LogP contribution in [0.15, 0.2) is 64.8 Å². The number of pyridine rings is 1. The highest BCUT2D eigenvalue weighted by Crippen LogP contribution is 2.18. The number of fused-ring (bicyclic) bond motifs is 2. The van der Waals surface area contributed by atoms with Crippen molar-refractivity contribution in [2.24, 2.45) is 5.73 Å². The molecular weight excluding hydrogens is 458 g/mol. The molecule has 6 rings (SSSR count). The molecule has 182 valence electrons. The Kier molecular flexibility index (Phi) is 5.53. The van der Waals surface area contributed by atoms with E-state index in [0.29, 0.717) is 12.5 Å². The molecule has 1 saturated heterocycles. The molecule has 1 atom stereocenters. The van der Waals surface area contributed by atoms with Crippen molar-refractivity contribution in [3.8, 4) is 0 Å². The first kappa shape index (κ1) is 22.1. The first-order valence-electron chi connectivity index (χ1n) is 11.9. The van der Waals surface area contributed by atoms with Gasteiger partial charge in [0.2, 0.25) is 5.95 Å². The smallest absolute Gasteiger partial charge is 0.293 e. The van der Waals surface area contributed by atoms with Crippen LogP contribution in [0.25, 0.3) is 21.9 Å². The lowest BCUT2D eigenvalue weighted by molar-refractivity contribution is 0.471. The Morgan fingerprint density at radius 3 is 2.72 bits per heavy atom. The van der Waals surface area contributed by atoms with E-state index in [4.69, 9.17) is 5.73 Å². The maximum Gasteiger partial charge on any atom is 0.293 e. The van der Waals surface area contributed by atoms with Crippen LogP contribution >= 0.6 is 0 Å². The van der Waals surface area contributed by atoms with Gasteiger partial charge in [-0.1, -0.05) is 18.2 Å². The number of piperidine rings is 1. The first-order chi connectivity index (χ1) is 17.6. The fourth-order valence-corrected chi connectivity index (χ4v) is 4.76. The van der Waals surface area contributed by atoms with E-state index < -0.39 is 0 Å². The van der Waals surface area contributed by atoms with Gasteiger partial charge in [0.25, 0.3) is 11.1 Å². The zero-order valence-corrected chi connectivity index (χ0v) is 19.5. The van der Waals surface area contributed by atoms with Crippen molar-refractivity contribution >= 4 is 27.9 Å². The van der Waals surface area contributed by atoms with Crippen LogP contribution in [-0.4, -0.2) is 53.4 Å². The number of aromatic amines is 1. The van der Waals surface area contributed by atoms with Gasteiger partial charge in [-0.15, -0.1) is 0 Å². The molecule has 5 heterocycles. The number of nitrogens with zero attached hydrogens (tertiary/aromatic N) is 7. The van der Waals surface area contributed by atoms with Gasteiger partial charge in [0.15, 0.2) is 5.52 Å². The lowest BCUT2D eigenvalue weighted by Crippen LogP contribution is -2.43. The Balaban J connectivity index is 1.50. The summed E-state index contributed by atoms with van der Waals surface area (Å²) in [6.45, 7) is 1.76. The Bertz CT molecular complexity index is 1670. The molecule has 0 radical (unpaired) electrons. The topological polar surface area (TPSA) is 141 Å². The van der Waals surface area contributed by atoms with E-state index >= 15 is 0 Å². The standard InChI is InChI=1S/C25H25N9O2/c26-19-4-2-8-32(14-19)25-30-21-22(31-25)24(36)34(13-17-3-1-7-27-10-17)33(23(21)35)12-16-5-6-18-11-28-15-29-20(18)9-16/h1,3,5-7,9-11,15,19H,2,4,8,12-14,26H2,(H,30,31). The van der Waals surface area contributed by atoms with Crippen molar-refractivity contribution in [2.75, 3.05) is 18.0 Å². The highest BCUT2D eigenvalue weighted by molar-refractivity contribution is 5.78.